The predicted octanol–water partition coefficient (Wildman–Crippen LogP) is 2.19. The van der Waals surface area contributed by atoms with E-state index < -0.39 is 12.0 Å². The predicted molar refractivity (Wildman–Crippen MR) is 74.3 cm³/mol. The van der Waals surface area contributed by atoms with E-state index in [0.717, 1.165) is 6.42 Å². The molecule has 0 aliphatic carbocycles. The van der Waals surface area contributed by atoms with Crippen LogP contribution in [0.4, 0.5) is 5.69 Å². The number of methoxy groups -OCH3 is 1. The number of halogens is 1. The number of amides is 1. The molecule has 1 atom stereocenters. The van der Waals surface area contributed by atoms with E-state index in [1.807, 2.05) is 6.92 Å². The summed E-state index contributed by atoms with van der Waals surface area (Å²) in [6.45, 7) is 1.94. The number of anilines is 1. The highest BCUT2D eigenvalue weighted by Gasteiger charge is 2.15. The van der Waals surface area contributed by atoms with Crippen LogP contribution in [0, 0.1) is 0 Å². The standard InChI is InChI=1S/C13H17ClN2O3/c1-3-4-10(15)12(17)16-11-7-8(13(18)19-2)5-6-9(11)14/h5-7,10H,3-4,15H2,1-2H3,(H,16,17)/t10-/m0/s1. The number of carbonyl (C=O) groups is 2. The molecule has 0 saturated heterocycles. The number of benzene rings is 1. The van der Waals surface area contributed by atoms with Gasteiger partial charge < -0.3 is 15.8 Å². The first-order valence-corrected chi connectivity index (χ1v) is 6.31. The third-order valence-electron chi connectivity index (χ3n) is 2.58. The van der Waals surface area contributed by atoms with Crippen LogP contribution in [0.5, 0.6) is 0 Å². The van der Waals surface area contributed by atoms with Crippen LogP contribution in [0.25, 0.3) is 0 Å². The maximum atomic E-state index is 11.8. The second-order valence-electron chi connectivity index (χ2n) is 4.07. The Bertz CT molecular complexity index is 477. The van der Waals surface area contributed by atoms with Gasteiger partial charge >= 0.3 is 5.97 Å². The van der Waals surface area contributed by atoms with Crippen LogP contribution in [0.1, 0.15) is 30.1 Å². The van der Waals surface area contributed by atoms with Crippen molar-refractivity contribution in [3.63, 3.8) is 0 Å². The number of ether oxygens (including phenoxy) is 1. The molecule has 0 radical (unpaired) electrons. The van der Waals surface area contributed by atoms with Gasteiger partial charge in [0.05, 0.1) is 29.4 Å². The summed E-state index contributed by atoms with van der Waals surface area (Å²) in [7, 11) is 1.28. The van der Waals surface area contributed by atoms with Gasteiger partial charge in [0.25, 0.3) is 0 Å². The van der Waals surface area contributed by atoms with Crippen molar-refractivity contribution in [2.24, 2.45) is 5.73 Å². The van der Waals surface area contributed by atoms with Crippen molar-refractivity contribution in [3.8, 4) is 0 Å². The molecule has 0 spiro atoms. The first-order chi connectivity index (χ1) is 8.99. The lowest BCUT2D eigenvalue weighted by Crippen LogP contribution is -2.35. The number of rotatable bonds is 5. The number of hydrogen-bond donors (Lipinski definition) is 2. The molecule has 5 nitrogen and oxygen atoms in total. The van der Waals surface area contributed by atoms with Crippen LogP contribution >= 0.6 is 11.6 Å². The maximum absolute atomic E-state index is 11.8. The molecular weight excluding hydrogens is 268 g/mol. The van der Waals surface area contributed by atoms with Crippen LogP contribution < -0.4 is 11.1 Å². The summed E-state index contributed by atoms with van der Waals surface area (Å²) >= 11 is 5.96. The molecule has 0 aliphatic rings. The van der Waals surface area contributed by atoms with Crippen LogP contribution in [-0.4, -0.2) is 25.0 Å². The first-order valence-electron chi connectivity index (χ1n) is 5.94. The molecule has 1 aromatic carbocycles. The maximum Gasteiger partial charge on any atom is 0.337 e. The average Bonchev–Trinajstić information content (AvgIpc) is 2.40. The summed E-state index contributed by atoms with van der Waals surface area (Å²) in [5.41, 5.74) is 6.36. The first kappa shape index (κ1) is 15.5. The fourth-order valence-electron chi connectivity index (χ4n) is 1.53. The van der Waals surface area contributed by atoms with Gasteiger partial charge in [0, 0.05) is 0 Å². The van der Waals surface area contributed by atoms with Gasteiger partial charge in [-0.2, -0.15) is 0 Å². The lowest BCUT2D eigenvalue weighted by molar-refractivity contribution is -0.117. The van der Waals surface area contributed by atoms with Gasteiger partial charge in [-0.3, -0.25) is 4.79 Å². The third-order valence-corrected chi connectivity index (χ3v) is 2.91. The molecule has 0 aliphatic heterocycles. The highest BCUT2D eigenvalue weighted by atomic mass is 35.5. The molecule has 1 rings (SSSR count). The van der Waals surface area contributed by atoms with Crippen LogP contribution in [0.3, 0.4) is 0 Å². The molecule has 0 unspecified atom stereocenters. The summed E-state index contributed by atoms with van der Waals surface area (Å²) in [5, 5.41) is 2.95. The second kappa shape index (κ2) is 7.11. The summed E-state index contributed by atoms with van der Waals surface area (Å²) in [6.07, 6.45) is 1.39. The van der Waals surface area contributed by atoms with Gasteiger partial charge in [0.2, 0.25) is 5.91 Å². The Hall–Kier alpha value is -1.59. The normalized spacial score (nSPS) is 11.8. The van der Waals surface area contributed by atoms with Crippen molar-refractivity contribution in [1.82, 2.24) is 0 Å². The number of nitrogens with one attached hydrogen (secondary N) is 1. The van der Waals surface area contributed by atoms with E-state index in [0.29, 0.717) is 22.7 Å². The summed E-state index contributed by atoms with van der Waals surface area (Å²) < 4.78 is 4.60. The molecule has 19 heavy (non-hydrogen) atoms. The Morgan fingerprint density at radius 1 is 1.47 bits per heavy atom. The molecule has 0 fully saturated rings. The minimum atomic E-state index is -0.595. The fourth-order valence-corrected chi connectivity index (χ4v) is 1.70. The Labute approximate surface area is 117 Å². The Morgan fingerprint density at radius 3 is 2.74 bits per heavy atom. The van der Waals surface area contributed by atoms with Gasteiger partial charge in [-0.1, -0.05) is 24.9 Å². The van der Waals surface area contributed by atoms with Gasteiger partial charge in [-0.15, -0.1) is 0 Å². The lowest BCUT2D eigenvalue weighted by atomic mass is 10.1. The molecule has 3 N–H and O–H groups in total. The SMILES string of the molecule is CCC[C@H](N)C(=O)Nc1cc(C(=O)OC)ccc1Cl. The van der Waals surface area contributed by atoms with Crippen molar-refractivity contribution >= 4 is 29.2 Å². The molecule has 1 amide bonds. The van der Waals surface area contributed by atoms with Crippen molar-refractivity contribution in [2.75, 3.05) is 12.4 Å². The zero-order valence-electron chi connectivity index (χ0n) is 10.9. The van der Waals surface area contributed by atoms with E-state index in [4.69, 9.17) is 17.3 Å². The third kappa shape index (κ3) is 4.22. The molecule has 6 heteroatoms. The van der Waals surface area contributed by atoms with E-state index in [1.165, 1.54) is 25.3 Å². The van der Waals surface area contributed by atoms with Crippen molar-refractivity contribution < 1.29 is 14.3 Å². The minimum absolute atomic E-state index is 0.311. The van der Waals surface area contributed by atoms with Crippen molar-refractivity contribution in [1.29, 1.82) is 0 Å². The topological polar surface area (TPSA) is 81.4 Å². The zero-order valence-corrected chi connectivity index (χ0v) is 11.7. The molecule has 0 saturated carbocycles. The zero-order chi connectivity index (χ0) is 14.4. The molecule has 1 aromatic rings. The summed E-state index contributed by atoms with van der Waals surface area (Å²) in [4.78, 5) is 23.2. The average molecular weight is 285 g/mol. The van der Waals surface area contributed by atoms with E-state index >= 15 is 0 Å². The minimum Gasteiger partial charge on any atom is -0.465 e. The number of hydrogen-bond acceptors (Lipinski definition) is 4. The van der Waals surface area contributed by atoms with E-state index in [1.54, 1.807) is 0 Å². The van der Waals surface area contributed by atoms with Crippen LogP contribution in [0.15, 0.2) is 18.2 Å². The highest BCUT2D eigenvalue weighted by Crippen LogP contribution is 2.23. The van der Waals surface area contributed by atoms with Crippen molar-refractivity contribution in [3.05, 3.63) is 28.8 Å². The molecule has 0 heterocycles. The largest absolute Gasteiger partial charge is 0.465 e. The number of carbonyl (C=O) groups excluding carboxylic acids is 2. The van der Waals surface area contributed by atoms with E-state index in [2.05, 4.69) is 10.1 Å². The number of nitrogens with two attached hydrogens (primary N) is 1. The van der Waals surface area contributed by atoms with Gasteiger partial charge in [0.1, 0.15) is 0 Å². The smallest absolute Gasteiger partial charge is 0.337 e. The van der Waals surface area contributed by atoms with Gasteiger partial charge in [-0.05, 0) is 24.6 Å². The Morgan fingerprint density at radius 2 is 2.16 bits per heavy atom. The molecular formula is C13H17ClN2O3. The highest BCUT2D eigenvalue weighted by molar-refractivity contribution is 6.33. The number of esters is 1. The van der Waals surface area contributed by atoms with Gasteiger partial charge in [0.15, 0.2) is 0 Å². The molecule has 104 valence electrons. The van der Waals surface area contributed by atoms with Gasteiger partial charge in [-0.25, -0.2) is 4.79 Å². The molecule has 0 aromatic heterocycles. The van der Waals surface area contributed by atoms with Crippen LogP contribution in [0.2, 0.25) is 5.02 Å². The fraction of sp³-hybridized carbons (Fsp3) is 0.385. The summed E-state index contributed by atoms with van der Waals surface area (Å²) in [6, 6.07) is 3.91. The van der Waals surface area contributed by atoms with Crippen LogP contribution in [-0.2, 0) is 9.53 Å². The lowest BCUT2D eigenvalue weighted by Gasteiger charge is -2.13. The Balaban J connectivity index is 2.88. The Kier molecular flexibility index (Phi) is 5.79. The quantitative estimate of drug-likeness (QED) is 0.812. The summed E-state index contributed by atoms with van der Waals surface area (Å²) in [5.74, 6) is -0.823. The monoisotopic (exact) mass is 284 g/mol. The van der Waals surface area contributed by atoms with E-state index in [9.17, 15) is 9.59 Å². The van der Waals surface area contributed by atoms with E-state index in [-0.39, 0.29) is 5.91 Å². The molecule has 0 bridgehead atoms. The van der Waals surface area contributed by atoms with Crippen molar-refractivity contribution in [2.45, 2.75) is 25.8 Å². The second-order valence-corrected chi connectivity index (χ2v) is 4.48.